The fraction of sp³-hybridized carbons (Fsp3) is 0.591. The van der Waals surface area contributed by atoms with Crippen molar-refractivity contribution in [3.63, 3.8) is 0 Å². The summed E-state index contributed by atoms with van der Waals surface area (Å²) >= 11 is 0. The third kappa shape index (κ3) is 4.29. The Bertz CT molecular complexity index is 724. The fourth-order valence-corrected chi connectivity index (χ4v) is 4.35. The normalized spacial score (nSPS) is 19.0. The third-order valence-electron chi connectivity index (χ3n) is 6.20. The summed E-state index contributed by atoms with van der Waals surface area (Å²) in [6, 6.07) is 6.15. The van der Waals surface area contributed by atoms with Gasteiger partial charge in [0.25, 0.3) is 0 Å². The molecule has 146 valence electrons. The van der Waals surface area contributed by atoms with Gasteiger partial charge in [-0.2, -0.15) is 0 Å². The van der Waals surface area contributed by atoms with Crippen LogP contribution in [0.3, 0.4) is 0 Å². The molecule has 1 aromatic heterocycles. The maximum Gasteiger partial charge on any atom is 0.122 e. The highest BCUT2D eigenvalue weighted by Crippen LogP contribution is 2.32. The second-order valence-electron chi connectivity index (χ2n) is 8.01. The van der Waals surface area contributed by atoms with E-state index in [-0.39, 0.29) is 0 Å². The van der Waals surface area contributed by atoms with Gasteiger partial charge in [0.15, 0.2) is 0 Å². The molecule has 27 heavy (non-hydrogen) atoms. The van der Waals surface area contributed by atoms with Crippen LogP contribution in [0.25, 0.3) is 0 Å². The molecule has 2 aromatic rings. The molecule has 0 spiro atoms. The lowest BCUT2D eigenvalue weighted by molar-refractivity contribution is 0.197. The van der Waals surface area contributed by atoms with E-state index in [0.717, 1.165) is 37.1 Å². The molecule has 0 amide bonds. The van der Waals surface area contributed by atoms with Gasteiger partial charge in [0, 0.05) is 37.5 Å². The van der Waals surface area contributed by atoms with Crippen molar-refractivity contribution in [3.05, 3.63) is 42.0 Å². The Kier molecular flexibility index (Phi) is 5.67. The van der Waals surface area contributed by atoms with Gasteiger partial charge in [-0.1, -0.05) is 6.42 Å². The van der Waals surface area contributed by atoms with Crippen LogP contribution < -0.4 is 9.47 Å². The zero-order valence-corrected chi connectivity index (χ0v) is 16.6. The smallest absolute Gasteiger partial charge is 0.122 e. The molecule has 0 radical (unpaired) electrons. The van der Waals surface area contributed by atoms with Crippen LogP contribution in [0.15, 0.2) is 30.6 Å². The summed E-state index contributed by atoms with van der Waals surface area (Å²) in [5.74, 6) is 4.50. The van der Waals surface area contributed by atoms with Crippen molar-refractivity contribution in [3.8, 4) is 11.5 Å². The highest BCUT2D eigenvalue weighted by molar-refractivity contribution is 5.38. The quantitative estimate of drug-likeness (QED) is 0.737. The van der Waals surface area contributed by atoms with Gasteiger partial charge in [-0.25, -0.2) is 4.98 Å². The number of piperidine rings is 1. The highest BCUT2D eigenvalue weighted by atomic mass is 16.5. The van der Waals surface area contributed by atoms with E-state index in [9.17, 15) is 0 Å². The summed E-state index contributed by atoms with van der Waals surface area (Å²) in [7, 11) is 3.41. The molecular weight excluding hydrogens is 338 g/mol. The molecule has 2 aliphatic rings. The van der Waals surface area contributed by atoms with Gasteiger partial charge in [-0.05, 0) is 62.4 Å². The summed E-state index contributed by atoms with van der Waals surface area (Å²) in [6.07, 6.45) is 10.7. The van der Waals surface area contributed by atoms with Gasteiger partial charge >= 0.3 is 0 Å². The van der Waals surface area contributed by atoms with E-state index >= 15 is 0 Å². The third-order valence-corrected chi connectivity index (χ3v) is 6.20. The number of rotatable bonds is 7. The molecular formula is C22H31N3O2. The minimum absolute atomic E-state index is 0.594. The van der Waals surface area contributed by atoms with Crippen molar-refractivity contribution in [2.45, 2.75) is 51.1 Å². The van der Waals surface area contributed by atoms with Gasteiger partial charge < -0.3 is 14.0 Å². The fourth-order valence-electron chi connectivity index (χ4n) is 4.35. The first kappa shape index (κ1) is 18.4. The van der Waals surface area contributed by atoms with Crippen molar-refractivity contribution in [2.75, 3.05) is 27.3 Å². The average Bonchev–Trinajstić information content (AvgIpc) is 3.13. The van der Waals surface area contributed by atoms with Gasteiger partial charge in [0.05, 0.1) is 14.2 Å². The number of benzene rings is 1. The summed E-state index contributed by atoms with van der Waals surface area (Å²) < 4.78 is 13.2. The molecule has 0 N–H and O–H groups in total. The first-order chi connectivity index (χ1) is 13.2. The lowest BCUT2D eigenvalue weighted by Gasteiger charge is -2.33. The number of likely N-dealkylation sites (tertiary alicyclic amines) is 1. The minimum Gasteiger partial charge on any atom is -0.497 e. The van der Waals surface area contributed by atoms with E-state index in [1.807, 2.05) is 12.3 Å². The largest absolute Gasteiger partial charge is 0.497 e. The average molecular weight is 370 g/mol. The van der Waals surface area contributed by atoms with Crippen LogP contribution in [0, 0.1) is 5.92 Å². The zero-order valence-electron chi connectivity index (χ0n) is 16.6. The minimum atomic E-state index is 0.594. The number of aromatic nitrogens is 2. The molecule has 2 heterocycles. The van der Waals surface area contributed by atoms with E-state index in [1.54, 1.807) is 14.2 Å². The van der Waals surface area contributed by atoms with Crippen molar-refractivity contribution in [2.24, 2.45) is 5.92 Å². The van der Waals surface area contributed by atoms with Crippen LogP contribution >= 0.6 is 0 Å². The SMILES string of the molecule is COc1cc(CN2CCC(c3nccn3CC3CCC3)CC2)cc(OC)c1. The molecule has 2 fully saturated rings. The second-order valence-corrected chi connectivity index (χ2v) is 8.01. The number of nitrogens with zero attached hydrogens (tertiary/aromatic N) is 3. The number of imidazole rings is 1. The number of ether oxygens (including phenoxy) is 2. The summed E-state index contributed by atoms with van der Waals surface area (Å²) in [4.78, 5) is 7.25. The Morgan fingerprint density at radius 1 is 1.00 bits per heavy atom. The monoisotopic (exact) mass is 369 g/mol. The van der Waals surface area contributed by atoms with Crippen LogP contribution in [0.5, 0.6) is 11.5 Å². The van der Waals surface area contributed by atoms with Crippen LogP contribution in [-0.4, -0.2) is 41.8 Å². The molecule has 4 rings (SSSR count). The predicted molar refractivity (Wildman–Crippen MR) is 106 cm³/mol. The van der Waals surface area contributed by atoms with Crippen LogP contribution in [-0.2, 0) is 13.1 Å². The van der Waals surface area contributed by atoms with Gasteiger partial charge in [-0.15, -0.1) is 0 Å². The van der Waals surface area contributed by atoms with Crippen molar-refractivity contribution in [1.82, 2.24) is 14.5 Å². The molecule has 1 aliphatic carbocycles. The van der Waals surface area contributed by atoms with E-state index in [1.165, 1.54) is 50.0 Å². The number of hydrogen-bond donors (Lipinski definition) is 0. The summed E-state index contributed by atoms with van der Waals surface area (Å²) in [6.45, 7) is 4.33. The van der Waals surface area contributed by atoms with Crippen LogP contribution in [0.2, 0.25) is 0 Å². The maximum atomic E-state index is 5.40. The molecule has 0 bridgehead atoms. The Morgan fingerprint density at radius 3 is 2.30 bits per heavy atom. The highest BCUT2D eigenvalue weighted by Gasteiger charge is 2.26. The number of methoxy groups -OCH3 is 2. The topological polar surface area (TPSA) is 39.5 Å². The van der Waals surface area contributed by atoms with Crippen LogP contribution in [0.4, 0.5) is 0 Å². The summed E-state index contributed by atoms with van der Waals surface area (Å²) in [5.41, 5.74) is 1.25. The second kappa shape index (κ2) is 8.34. The number of hydrogen-bond acceptors (Lipinski definition) is 4. The van der Waals surface area contributed by atoms with Gasteiger partial charge in [0.1, 0.15) is 17.3 Å². The Morgan fingerprint density at radius 2 is 1.70 bits per heavy atom. The Hall–Kier alpha value is -2.01. The first-order valence-corrected chi connectivity index (χ1v) is 10.2. The molecule has 0 atom stereocenters. The lowest BCUT2D eigenvalue weighted by atomic mass is 9.85. The molecule has 5 nitrogen and oxygen atoms in total. The zero-order chi connectivity index (χ0) is 18.6. The van der Waals surface area contributed by atoms with Gasteiger partial charge in [-0.3, -0.25) is 4.90 Å². The molecule has 0 unspecified atom stereocenters. The summed E-state index contributed by atoms with van der Waals surface area (Å²) in [5, 5.41) is 0. The first-order valence-electron chi connectivity index (χ1n) is 10.2. The Labute approximate surface area is 162 Å². The van der Waals surface area contributed by atoms with E-state index in [4.69, 9.17) is 14.5 Å². The molecule has 1 aromatic carbocycles. The standard InChI is InChI=1S/C22H31N3O2/c1-26-20-12-18(13-21(14-20)27-2)15-24-9-6-19(7-10-24)22-23-8-11-25(22)16-17-4-3-5-17/h8,11-14,17,19H,3-7,9-10,15-16H2,1-2H3. The molecule has 5 heteroatoms. The molecule has 1 saturated carbocycles. The van der Waals surface area contributed by atoms with E-state index < -0.39 is 0 Å². The van der Waals surface area contributed by atoms with Crippen molar-refractivity contribution >= 4 is 0 Å². The predicted octanol–water partition coefficient (Wildman–Crippen LogP) is 4.08. The van der Waals surface area contributed by atoms with Crippen molar-refractivity contribution in [1.29, 1.82) is 0 Å². The van der Waals surface area contributed by atoms with Crippen molar-refractivity contribution < 1.29 is 9.47 Å². The Balaban J connectivity index is 1.35. The van der Waals surface area contributed by atoms with Crippen LogP contribution in [0.1, 0.15) is 49.4 Å². The van der Waals surface area contributed by atoms with E-state index in [0.29, 0.717) is 5.92 Å². The lowest BCUT2D eigenvalue weighted by Crippen LogP contribution is -2.33. The molecule has 1 aliphatic heterocycles. The van der Waals surface area contributed by atoms with E-state index in [2.05, 4.69) is 27.8 Å². The van der Waals surface area contributed by atoms with Gasteiger partial charge in [0.2, 0.25) is 0 Å². The molecule has 1 saturated heterocycles. The maximum absolute atomic E-state index is 5.40.